The molecule has 0 aliphatic rings. The lowest BCUT2D eigenvalue weighted by Gasteiger charge is -2.05. The van der Waals surface area contributed by atoms with Crippen LogP contribution < -0.4 is 5.32 Å². The Morgan fingerprint density at radius 1 is 1.40 bits per heavy atom. The second-order valence-electron chi connectivity index (χ2n) is 5.10. The van der Waals surface area contributed by atoms with Gasteiger partial charge in [-0.15, -0.1) is 0 Å². The van der Waals surface area contributed by atoms with Crippen molar-refractivity contribution in [3.8, 4) is 11.3 Å². The van der Waals surface area contributed by atoms with Gasteiger partial charge < -0.3 is 9.73 Å². The molecule has 1 heterocycles. The molecule has 0 amide bonds. The Morgan fingerprint density at radius 2 is 2.20 bits per heavy atom. The van der Waals surface area contributed by atoms with Gasteiger partial charge in [-0.2, -0.15) is 0 Å². The number of aromatic nitrogens is 1. The Labute approximate surface area is 138 Å². The molecule has 0 spiro atoms. The quantitative estimate of drug-likeness (QED) is 0.573. The lowest BCUT2D eigenvalue weighted by molar-refractivity contribution is 0.483. The van der Waals surface area contributed by atoms with E-state index in [1.165, 1.54) is 0 Å². The Bertz CT molecular complexity index is 569. The maximum atomic E-state index is 6.12. The predicted molar refractivity (Wildman–Crippen MR) is 91.1 cm³/mol. The Kier molecular flexibility index (Phi) is 5.86. The van der Waals surface area contributed by atoms with Gasteiger partial charge >= 0.3 is 0 Å². The molecule has 1 aromatic carbocycles. The lowest BCUT2D eigenvalue weighted by Crippen LogP contribution is -2.22. The van der Waals surface area contributed by atoms with Crippen LogP contribution in [0.2, 0.25) is 5.02 Å². The van der Waals surface area contributed by atoms with Crippen LogP contribution in [-0.2, 0) is 6.42 Å². The summed E-state index contributed by atoms with van der Waals surface area (Å²) in [6.45, 7) is 6.28. The number of oxazole rings is 1. The summed E-state index contributed by atoms with van der Waals surface area (Å²) in [5.74, 6) is 2.18. The summed E-state index contributed by atoms with van der Waals surface area (Å²) in [4.78, 5) is 4.31. The number of hydrogen-bond donors (Lipinski definition) is 1. The average molecular weight is 405 g/mol. The highest BCUT2D eigenvalue weighted by Gasteiger charge is 2.08. The lowest BCUT2D eigenvalue weighted by atomic mass is 10.2. The van der Waals surface area contributed by atoms with E-state index in [1.54, 1.807) is 6.20 Å². The SMILES string of the molecule is CC(C)CNCCc1ncc(-c2ccc(I)c(Cl)c2)o1. The summed E-state index contributed by atoms with van der Waals surface area (Å²) in [7, 11) is 0. The van der Waals surface area contributed by atoms with Crippen molar-refractivity contribution in [1.82, 2.24) is 10.3 Å². The summed E-state index contributed by atoms with van der Waals surface area (Å²) in [5, 5.41) is 4.11. The summed E-state index contributed by atoms with van der Waals surface area (Å²) in [6.07, 6.45) is 2.56. The van der Waals surface area contributed by atoms with Crippen molar-refractivity contribution in [3.63, 3.8) is 0 Å². The van der Waals surface area contributed by atoms with Crippen LogP contribution in [0.1, 0.15) is 19.7 Å². The molecule has 2 aromatic rings. The molecule has 0 unspecified atom stereocenters. The molecule has 0 saturated carbocycles. The number of nitrogens with zero attached hydrogens (tertiary/aromatic N) is 1. The predicted octanol–water partition coefficient (Wildman–Crippen LogP) is 4.39. The van der Waals surface area contributed by atoms with E-state index in [1.807, 2.05) is 18.2 Å². The summed E-state index contributed by atoms with van der Waals surface area (Å²) < 4.78 is 6.79. The van der Waals surface area contributed by atoms with Gasteiger partial charge in [-0.1, -0.05) is 31.5 Å². The smallest absolute Gasteiger partial charge is 0.196 e. The van der Waals surface area contributed by atoms with E-state index in [9.17, 15) is 0 Å². The topological polar surface area (TPSA) is 38.1 Å². The van der Waals surface area contributed by atoms with E-state index in [2.05, 4.69) is 46.7 Å². The number of hydrogen-bond acceptors (Lipinski definition) is 3. The third-order valence-corrected chi connectivity index (χ3v) is 4.40. The first-order valence-electron chi connectivity index (χ1n) is 6.67. The maximum Gasteiger partial charge on any atom is 0.196 e. The zero-order chi connectivity index (χ0) is 14.5. The minimum Gasteiger partial charge on any atom is -0.441 e. The van der Waals surface area contributed by atoms with Gasteiger partial charge in [-0.05, 0) is 47.2 Å². The van der Waals surface area contributed by atoms with Gasteiger partial charge in [-0.3, -0.25) is 0 Å². The molecule has 1 N–H and O–H groups in total. The van der Waals surface area contributed by atoms with Crippen molar-refractivity contribution in [3.05, 3.63) is 38.9 Å². The van der Waals surface area contributed by atoms with Crippen LogP contribution in [0.3, 0.4) is 0 Å². The summed E-state index contributed by atoms with van der Waals surface area (Å²) >= 11 is 8.33. The second kappa shape index (κ2) is 7.43. The van der Waals surface area contributed by atoms with Crippen molar-refractivity contribution in [2.24, 2.45) is 5.92 Å². The molecule has 0 aliphatic heterocycles. The highest BCUT2D eigenvalue weighted by Crippen LogP contribution is 2.27. The zero-order valence-corrected chi connectivity index (χ0v) is 14.5. The van der Waals surface area contributed by atoms with E-state index in [0.717, 1.165) is 45.3 Å². The van der Waals surface area contributed by atoms with Crippen molar-refractivity contribution in [2.45, 2.75) is 20.3 Å². The fraction of sp³-hybridized carbons (Fsp3) is 0.400. The Hall–Kier alpha value is -0.590. The monoisotopic (exact) mass is 404 g/mol. The summed E-state index contributed by atoms with van der Waals surface area (Å²) in [5.41, 5.74) is 0.962. The van der Waals surface area contributed by atoms with Gasteiger partial charge in [0.2, 0.25) is 0 Å². The zero-order valence-electron chi connectivity index (χ0n) is 11.6. The molecule has 0 saturated heterocycles. The van der Waals surface area contributed by atoms with Gasteiger partial charge in [0.25, 0.3) is 0 Å². The number of nitrogens with one attached hydrogen (secondary N) is 1. The summed E-state index contributed by atoms with van der Waals surface area (Å²) in [6, 6.07) is 5.88. The van der Waals surface area contributed by atoms with E-state index in [4.69, 9.17) is 16.0 Å². The maximum absolute atomic E-state index is 6.12. The Balaban J connectivity index is 1.96. The molecule has 5 heteroatoms. The van der Waals surface area contributed by atoms with Crippen molar-refractivity contribution in [2.75, 3.05) is 13.1 Å². The van der Waals surface area contributed by atoms with Crippen LogP contribution in [0.25, 0.3) is 11.3 Å². The molecule has 0 aliphatic carbocycles. The molecule has 2 rings (SSSR count). The fourth-order valence-electron chi connectivity index (χ4n) is 1.79. The molecule has 0 bridgehead atoms. The molecule has 0 atom stereocenters. The van der Waals surface area contributed by atoms with Crippen LogP contribution >= 0.6 is 34.2 Å². The highest BCUT2D eigenvalue weighted by atomic mass is 127. The molecule has 0 fully saturated rings. The third kappa shape index (κ3) is 4.46. The first-order chi connectivity index (χ1) is 9.56. The number of rotatable bonds is 6. The minimum absolute atomic E-state index is 0.657. The van der Waals surface area contributed by atoms with Crippen LogP contribution in [0.4, 0.5) is 0 Å². The molecular weight excluding hydrogens is 387 g/mol. The first-order valence-corrected chi connectivity index (χ1v) is 8.13. The molecular formula is C15H18ClIN2O. The van der Waals surface area contributed by atoms with Crippen LogP contribution in [-0.4, -0.2) is 18.1 Å². The van der Waals surface area contributed by atoms with Crippen molar-refractivity contribution in [1.29, 1.82) is 0 Å². The highest BCUT2D eigenvalue weighted by molar-refractivity contribution is 14.1. The van der Waals surface area contributed by atoms with Gasteiger partial charge in [0.15, 0.2) is 11.7 Å². The van der Waals surface area contributed by atoms with E-state index < -0.39 is 0 Å². The second-order valence-corrected chi connectivity index (χ2v) is 6.66. The molecule has 108 valence electrons. The normalized spacial score (nSPS) is 11.2. The van der Waals surface area contributed by atoms with Crippen molar-refractivity contribution < 1.29 is 4.42 Å². The molecule has 0 radical (unpaired) electrons. The van der Waals surface area contributed by atoms with Gasteiger partial charge in [0.1, 0.15) is 0 Å². The molecule has 20 heavy (non-hydrogen) atoms. The van der Waals surface area contributed by atoms with Gasteiger partial charge in [0.05, 0.1) is 11.2 Å². The largest absolute Gasteiger partial charge is 0.441 e. The Morgan fingerprint density at radius 3 is 2.90 bits per heavy atom. The van der Waals surface area contributed by atoms with Crippen LogP contribution in [0.15, 0.2) is 28.8 Å². The van der Waals surface area contributed by atoms with E-state index in [-0.39, 0.29) is 0 Å². The standard InChI is InChI=1S/C15H18ClIN2O/c1-10(2)8-18-6-5-15-19-9-14(20-15)11-3-4-13(17)12(16)7-11/h3-4,7,9-10,18H,5-6,8H2,1-2H3. The number of halogens is 2. The molecule has 3 nitrogen and oxygen atoms in total. The van der Waals surface area contributed by atoms with E-state index in [0.29, 0.717) is 5.92 Å². The van der Waals surface area contributed by atoms with Crippen LogP contribution in [0.5, 0.6) is 0 Å². The van der Waals surface area contributed by atoms with Crippen LogP contribution in [0, 0.1) is 9.49 Å². The van der Waals surface area contributed by atoms with Gasteiger partial charge in [-0.25, -0.2) is 4.98 Å². The van der Waals surface area contributed by atoms with E-state index >= 15 is 0 Å². The minimum atomic E-state index is 0.657. The van der Waals surface area contributed by atoms with Crippen molar-refractivity contribution >= 4 is 34.2 Å². The number of benzene rings is 1. The molecule has 1 aromatic heterocycles. The first kappa shape index (κ1) is 15.8. The third-order valence-electron chi connectivity index (χ3n) is 2.83. The van der Waals surface area contributed by atoms with Gasteiger partial charge in [0, 0.05) is 22.1 Å². The fourth-order valence-corrected chi connectivity index (χ4v) is 2.31. The average Bonchev–Trinajstić information content (AvgIpc) is 2.86.